The third-order valence-electron chi connectivity index (χ3n) is 6.50. The SMILES string of the molecule is O=C(Cc1nc2ccc(NC(=O)C(CCN3CCOCC3)c3cccc(C(F)(F)F)c3)cc2s1)c1cscn1. The summed E-state index contributed by atoms with van der Waals surface area (Å²) in [5, 5.41) is 5.23. The number of carbonyl (C=O) groups is 2. The van der Waals surface area contributed by atoms with E-state index in [2.05, 4.69) is 20.2 Å². The Kier molecular flexibility index (Phi) is 8.36. The average molecular weight is 575 g/mol. The standard InChI is InChI=1S/C27H25F3N4O3S2/c28-27(29,30)18-3-1-2-17(12-18)20(6-7-34-8-10-37-11-9-34)26(36)32-19-4-5-21-24(13-19)39-25(33-21)14-23(35)22-15-38-16-31-22/h1-5,12-13,15-16,20H,6-11,14H2,(H,32,36). The molecule has 2 aromatic heterocycles. The predicted octanol–water partition coefficient (Wildman–Crippen LogP) is 5.64. The van der Waals surface area contributed by atoms with E-state index in [9.17, 15) is 22.8 Å². The van der Waals surface area contributed by atoms with Gasteiger partial charge in [0.15, 0.2) is 5.78 Å². The monoisotopic (exact) mass is 574 g/mol. The molecule has 1 aliphatic heterocycles. The fourth-order valence-electron chi connectivity index (χ4n) is 4.45. The molecule has 0 spiro atoms. The summed E-state index contributed by atoms with van der Waals surface area (Å²) < 4.78 is 46.4. The van der Waals surface area contributed by atoms with Crippen LogP contribution in [0.2, 0.25) is 0 Å². The fourth-order valence-corrected chi connectivity index (χ4v) is 6.01. The Labute approximate surface area is 230 Å². The zero-order valence-electron chi connectivity index (χ0n) is 20.7. The van der Waals surface area contributed by atoms with Crippen LogP contribution in [0.25, 0.3) is 10.2 Å². The first-order valence-electron chi connectivity index (χ1n) is 12.4. The van der Waals surface area contributed by atoms with Gasteiger partial charge in [0, 0.05) is 24.2 Å². The first-order valence-corrected chi connectivity index (χ1v) is 14.1. The van der Waals surface area contributed by atoms with Crippen molar-refractivity contribution in [2.75, 3.05) is 38.2 Å². The van der Waals surface area contributed by atoms with Crippen molar-refractivity contribution in [3.63, 3.8) is 0 Å². The zero-order valence-corrected chi connectivity index (χ0v) is 22.4. The Morgan fingerprint density at radius 2 is 1.95 bits per heavy atom. The van der Waals surface area contributed by atoms with Crippen LogP contribution in [0.5, 0.6) is 0 Å². The maximum Gasteiger partial charge on any atom is 0.416 e. The van der Waals surface area contributed by atoms with Crippen LogP contribution in [0.4, 0.5) is 18.9 Å². The van der Waals surface area contributed by atoms with E-state index in [1.807, 2.05) is 0 Å². The second-order valence-corrected chi connectivity index (χ2v) is 11.0. The van der Waals surface area contributed by atoms with Gasteiger partial charge in [0.2, 0.25) is 5.91 Å². The molecule has 2 aromatic carbocycles. The molecule has 0 radical (unpaired) electrons. The first-order chi connectivity index (χ1) is 18.8. The number of hydrogen-bond acceptors (Lipinski definition) is 8. The molecule has 1 saturated heterocycles. The second-order valence-electron chi connectivity index (χ2n) is 9.17. The summed E-state index contributed by atoms with van der Waals surface area (Å²) in [5.41, 5.74) is 2.75. The molecule has 4 aromatic rings. The topological polar surface area (TPSA) is 84.4 Å². The van der Waals surface area contributed by atoms with Gasteiger partial charge in [-0.3, -0.25) is 14.5 Å². The highest BCUT2D eigenvalue weighted by Crippen LogP contribution is 2.33. The number of thiazole rings is 2. The van der Waals surface area contributed by atoms with E-state index in [1.165, 1.54) is 28.7 Å². The van der Waals surface area contributed by atoms with Crippen LogP contribution in [-0.4, -0.2) is 59.4 Å². The number of nitrogens with zero attached hydrogens (tertiary/aromatic N) is 3. The highest BCUT2D eigenvalue weighted by molar-refractivity contribution is 7.18. The molecule has 39 heavy (non-hydrogen) atoms. The number of ether oxygens (including phenoxy) is 1. The van der Waals surface area contributed by atoms with Crippen molar-refractivity contribution in [3.8, 4) is 0 Å². The van der Waals surface area contributed by atoms with Crippen LogP contribution in [0.1, 0.15) is 39.0 Å². The molecule has 12 heteroatoms. The van der Waals surface area contributed by atoms with E-state index in [-0.39, 0.29) is 18.1 Å². The maximum absolute atomic E-state index is 13.5. The third-order valence-corrected chi connectivity index (χ3v) is 8.11. The van der Waals surface area contributed by atoms with Crippen LogP contribution in [0.15, 0.2) is 53.4 Å². The van der Waals surface area contributed by atoms with Gasteiger partial charge in [0.1, 0.15) is 10.7 Å². The second kappa shape index (κ2) is 11.9. The van der Waals surface area contributed by atoms with Crippen molar-refractivity contribution < 1.29 is 27.5 Å². The van der Waals surface area contributed by atoms with E-state index in [0.29, 0.717) is 66.7 Å². The summed E-state index contributed by atoms with van der Waals surface area (Å²) in [6, 6.07) is 10.2. The Bertz CT molecular complexity index is 1450. The van der Waals surface area contributed by atoms with Crippen molar-refractivity contribution in [2.24, 2.45) is 0 Å². The van der Waals surface area contributed by atoms with Gasteiger partial charge in [-0.2, -0.15) is 13.2 Å². The quantitative estimate of drug-likeness (QED) is 0.261. The number of hydrogen-bond donors (Lipinski definition) is 1. The summed E-state index contributed by atoms with van der Waals surface area (Å²) >= 11 is 2.70. The van der Waals surface area contributed by atoms with Gasteiger partial charge < -0.3 is 10.1 Å². The summed E-state index contributed by atoms with van der Waals surface area (Å²) in [6.07, 6.45) is -4.01. The Morgan fingerprint density at radius 3 is 2.69 bits per heavy atom. The van der Waals surface area contributed by atoms with Gasteiger partial charge in [-0.05, 0) is 42.8 Å². The van der Waals surface area contributed by atoms with Crippen LogP contribution < -0.4 is 5.32 Å². The molecule has 5 rings (SSSR count). The molecule has 204 valence electrons. The molecule has 1 amide bonds. The van der Waals surface area contributed by atoms with Gasteiger partial charge in [0.05, 0.1) is 46.8 Å². The minimum atomic E-state index is -4.50. The highest BCUT2D eigenvalue weighted by atomic mass is 32.1. The lowest BCUT2D eigenvalue weighted by molar-refractivity contribution is -0.137. The van der Waals surface area contributed by atoms with Crippen LogP contribution >= 0.6 is 22.7 Å². The Balaban J connectivity index is 1.34. The zero-order chi connectivity index (χ0) is 27.4. The number of rotatable bonds is 9. The number of Topliss-reactive ketones (excluding diaryl/α,β-unsaturated/α-hetero) is 1. The average Bonchev–Trinajstić information content (AvgIpc) is 3.59. The summed E-state index contributed by atoms with van der Waals surface area (Å²) in [4.78, 5) is 36.6. The van der Waals surface area contributed by atoms with E-state index in [1.54, 1.807) is 35.2 Å². The number of anilines is 1. The Morgan fingerprint density at radius 1 is 1.13 bits per heavy atom. The molecule has 3 heterocycles. The van der Waals surface area contributed by atoms with Gasteiger partial charge >= 0.3 is 6.18 Å². The van der Waals surface area contributed by atoms with Crippen molar-refractivity contribution in [3.05, 3.63) is 75.2 Å². The molecule has 0 aliphatic carbocycles. The molecule has 1 N–H and O–H groups in total. The molecular formula is C27H25F3N4O3S2. The minimum absolute atomic E-state index is 0.118. The van der Waals surface area contributed by atoms with Crippen molar-refractivity contribution in [1.82, 2.24) is 14.9 Å². The molecule has 7 nitrogen and oxygen atoms in total. The third kappa shape index (κ3) is 6.88. The van der Waals surface area contributed by atoms with Gasteiger partial charge in [-0.1, -0.05) is 18.2 Å². The number of alkyl halides is 3. The molecule has 1 aliphatic rings. The number of aromatic nitrogens is 2. The lowest BCUT2D eigenvalue weighted by Gasteiger charge is -2.28. The number of morpholine rings is 1. The predicted molar refractivity (Wildman–Crippen MR) is 144 cm³/mol. The van der Waals surface area contributed by atoms with E-state index in [4.69, 9.17) is 4.74 Å². The molecule has 1 unspecified atom stereocenters. The van der Waals surface area contributed by atoms with E-state index >= 15 is 0 Å². The smallest absolute Gasteiger partial charge is 0.379 e. The van der Waals surface area contributed by atoms with Crippen molar-refractivity contribution in [1.29, 1.82) is 0 Å². The highest BCUT2D eigenvalue weighted by Gasteiger charge is 2.32. The summed E-state index contributed by atoms with van der Waals surface area (Å²) in [7, 11) is 0. The first kappa shape index (κ1) is 27.4. The summed E-state index contributed by atoms with van der Waals surface area (Å²) in [5.74, 6) is -1.28. The molecule has 1 atom stereocenters. The van der Waals surface area contributed by atoms with Crippen LogP contribution in [0.3, 0.4) is 0 Å². The van der Waals surface area contributed by atoms with Gasteiger partial charge in [0.25, 0.3) is 0 Å². The van der Waals surface area contributed by atoms with Crippen LogP contribution in [0, 0.1) is 0 Å². The lowest BCUT2D eigenvalue weighted by Crippen LogP contribution is -2.38. The fraction of sp³-hybridized carbons (Fsp3) is 0.333. The van der Waals surface area contributed by atoms with Crippen molar-refractivity contribution in [2.45, 2.75) is 24.9 Å². The number of nitrogens with one attached hydrogen (secondary N) is 1. The number of fused-ring (bicyclic) bond motifs is 1. The number of benzene rings is 2. The number of halogens is 3. The normalized spacial score (nSPS) is 15.4. The molecule has 0 saturated carbocycles. The Hall–Kier alpha value is -3.19. The van der Waals surface area contributed by atoms with Gasteiger partial charge in [-0.25, -0.2) is 9.97 Å². The van der Waals surface area contributed by atoms with E-state index in [0.717, 1.165) is 16.8 Å². The van der Waals surface area contributed by atoms with Crippen molar-refractivity contribution >= 4 is 50.3 Å². The van der Waals surface area contributed by atoms with E-state index < -0.39 is 17.7 Å². The maximum atomic E-state index is 13.5. The molecule has 0 bridgehead atoms. The largest absolute Gasteiger partial charge is 0.416 e. The molecule has 1 fully saturated rings. The number of carbonyl (C=O) groups excluding carboxylic acids is 2. The summed E-state index contributed by atoms with van der Waals surface area (Å²) in [6.45, 7) is 3.17. The minimum Gasteiger partial charge on any atom is -0.379 e. The van der Waals surface area contributed by atoms with Crippen LogP contribution in [-0.2, 0) is 22.1 Å². The van der Waals surface area contributed by atoms with Gasteiger partial charge in [-0.15, -0.1) is 22.7 Å². The molecular weight excluding hydrogens is 549 g/mol. The number of amides is 1. The number of ketones is 1. The lowest BCUT2D eigenvalue weighted by atomic mass is 9.92.